The van der Waals surface area contributed by atoms with Crippen molar-refractivity contribution in [3.63, 3.8) is 0 Å². The van der Waals surface area contributed by atoms with Crippen molar-refractivity contribution in [1.82, 2.24) is 19.5 Å². The number of nitrogens with zero attached hydrogens (tertiary/aromatic N) is 3. The zero-order valence-electron chi connectivity index (χ0n) is 11.2. The number of hydrogen-bond acceptors (Lipinski definition) is 5. The van der Waals surface area contributed by atoms with Gasteiger partial charge < -0.3 is 0 Å². The van der Waals surface area contributed by atoms with E-state index < -0.39 is 10.0 Å². The highest BCUT2D eigenvalue weighted by atomic mass is 32.2. The van der Waals surface area contributed by atoms with Gasteiger partial charge in [0.25, 0.3) is 0 Å². The molecular formula is C12H16N4O2S2. The molecular weight excluding hydrogens is 296 g/mol. The highest BCUT2D eigenvalue weighted by molar-refractivity contribution is 7.89. The fraction of sp³-hybridized carbons (Fsp3) is 0.500. The third-order valence-electron chi connectivity index (χ3n) is 3.43. The quantitative estimate of drug-likeness (QED) is 0.929. The van der Waals surface area contributed by atoms with Crippen LogP contribution in [0.3, 0.4) is 0 Å². The maximum Gasteiger partial charge on any atom is 0.246 e. The van der Waals surface area contributed by atoms with E-state index in [1.54, 1.807) is 18.4 Å². The fourth-order valence-corrected chi connectivity index (χ4v) is 4.64. The van der Waals surface area contributed by atoms with Crippen LogP contribution in [-0.2, 0) is 29.4 Å². The average Bonchev–Trinajstić information content (AvgIpc) is 3.07. The molecule has 0 radical (unpaired) electrons. The number of rotatable bonds is 4. The SMILES string of the molecule is CN(Cc1nc2c(s1)CCCC2)S(=O)(=O)c1cn[nH]c1. The lowest BCUT2D eigenvalue weighted by Crippen LogP contribution is -2.26. The van der Waals surface area contributed by atoms with Gasteiger partial charge in [0, 0.05) is 18.1 Å². The number of hydrogen-bond donors (Lipinski definition) is 1. The van der Waals surface area contributed by atoms with Gasteiger partial charge in [0.05, 0.1) is 18.4 Å². The Labute approximate surface area is 121 Å². The minimum absolute atomic E-state index is 0.182. The van der Waals surface area contributed by atoms with Crippen molar-refractivity contribution in [3.8, 4) is 0 Å². The Balaban J connectivity index is 1.79. The molecule has 2 aromatic rings. The number of H-pyrrole nitrogens is 1. The number of aromatic nitrogens is 3. The summed E-state index contributed by atoms with van der Waals surface area (Å²) in [6.07, 6.45) is 7.18. The average molecular weight is 312 g/mol. The molecule has 2 aromatic heterocycles. The van der Waals surface area contributed by atoms with Crippen LogP contribution in [0, 0.1) is 0 Å². The van der Waals surface area contributed by atoms with Crippen molar-refractivity contribution >= 4 is 21.4 Å². The molecule has 1 aliphatic rings. The van der Waals surface area contributed by atoms with E-state index in [1.165, 1.54) is 34.4 Å². The zero-order chi connectivity index (χ0) is 14.2. The standard InChI is InChI=1S/C12H16N4O2S2/c1-16(20(17,18)9-6-13-14-7-9)8-12-15-10-4-2-3-5-11(10)19-12/h6-7H,2-5,8H2,1H3,(H,13,14). The van der Waals surface area contributed by atoms with Gasteiger partial charge in [-0.25, -0.2) is 13.4 Å². The van der Waals surface area contributed by atoms with Crippen LogP contribution in [0.4, 0.5) is 0 Å². The minimum atomic E-state index is -3.49. The molecule has 0 fully saturated rings. The van der Waals surface area contributed by atoms with Crippen LogP contribution in [0.2, 0.25) is 0 Å². The summed E-state index contributed by atoms with van der Waals surface area (Å²) >= 11 is 1.64. The summed E-state index contributed by atoms with van der Waals surface area (Å²) in [4.78, 5) is 6.08. The second-order valence-electron chi connectivity index (χ2n) is 4.88. The van der Waals surface area contributed by atoms with Crippen molar-refractivity contribution in [2.45, 2.75) is 37.1 Å². The van der Waals surface area contributed by atoms with E-state index in [4.69, 9.17) is 0 Å². The number of sulfonamides is 1. The molecule has 0 unspecified atom stereocenters. The Morgan fingerprint density at radius 2 is 2.20 bits per heavy atom. The van der Waals surface area contributed by atoms with Gasteiger partial charge in [0.15, 0.2) is 0 Å². The van der Waals surface area contributed by atoms with Gasteiger partial charge in [0.1, 0.15) is 9.90 Å². The first-order valence-corrected chi connectivity index (χ1v) is 8.75. The molecule has 1 N–H and O–H groups in total. The Morgan fingerprint density at radius 1 is 1.40 bits per heavy atom. The highest BCUT2D eigenvalue weighted by Gasteiger charge is 2.24. The van der Waals surface area contributed by atoms with Gasteiger partial charge in [-0.3, -0.25) is 5.10 Å². The molecule has 1 aliphatic carbocycles. The summed E-state index contributed by atoms with van der Waals surface area (Å²) < 4.78 is 25.9. The van der Waals surface area contributed by atoms with Crippen molar-refractivity contribution in [2.24, 2.45) is 0 Å². The van der Waals surface area contributed by atoms with Gasteiger partial charge in [-0.15, -0.1) is 11.3 Å². The molecule has 0 atom stereocenters. The highest BCUT2D eigenvalue weighted by Crippen LogP contribution is 2.28. The van der Waals surface area contributed by atoms with Crippen molar-refractivity contribution in [2.75, 3.05) is 7.05 Å². The van der Waals surface area contributed by atoms with E-state index in [0.717, 1.165) is 23.5 Å². The maximum atomic E-state index is 12.3. The van der Waals surface area contributed by atoms with E-state index in [9.17, 15) is 8.42 Å². The first-order valence-electron chi connectivity index (χ1n) is 6.50. The van der Waals surface area contributed by atoms with E-state index in [-0.39, 0.29) is 4.90 Å². The number of aryl methyl sites for hydroxylation is 2. The molecule has 0 aliphatic heterocycles. The molecule has 6 nitrogen and oxygen atoms in total. The normalized spacial score (nSPS) is 15.5. The predicted octanol–water partition coefficient (Wildman–Crippen LogP) is 1.57. The lowest BCUT2D eigenvalue weighted by atomic mass is 10.0. The van der Waals surface area contributed by atoms with Crippen molar-refractivity contribution in [1.29, 1.82) is 0 Å². The Bertz CT molecular complexity index is 668. The smallest absolute Gasteiger partial charge is 0.246 e. The lowest BCUT2D eigenvalue weighted by Gasteiger charge is -2.14. The molecule has 0 bridgehead atoms. The molecule has 0 saturated carbocycles. The molecule has 0 aromatic carbocycles. The van der Waals surface area contributed by atoms with Gasteiger partial charge in [-0.1, -0.05) is 0 Å². The van der Waals surface area contributed by atoms with Crippen LogP contribution in [0.25, 0.3) is 0 Å². The summed E-state index contributed by atoms with van der Waals surface area (Å²) in [5, 5.41) is 7.08. The van der Waals surface area contributed by atoms with Crippen LogP contribution in [0.1, 0.15) is 28.4 Å². The van der Waals surface area contributed by atoms with Gasteiger partial charge >= 0.3 is 0 Å². The fourth-order valence-electron chi connectivity index (χ4n) is 2.31. The van der Waals surface area contributed by atoms with Crippen LogP contribution in [-0.4, -0.2) is 35.0 Å². The molecule has 20 heavy (non-hydrogen) atoms. The summed E-state index contributed by atoms with van der Waals surface area (Å²) in [6, 6.07) is 0. The van der Waals surface area contributed by atoms with E-state index >= 15 is 0 Å². The van der Waals surface area contributed by atoms with E-state index in [2.05, 4.69) is 15.2 Å². The van der Waals surface area contributed by atoms with E-state index in [0.29, 0.717) is 6.54 Å². The Hall–Kier alpha value is -1.25. The Morgan fingerprint density at radius 3 is 2.90 bits per heavy atom. The van der Waals surface area contributed by atoms with Crippen LogP contribution in [0.15, 0.2) is 17.3 Å². The second kappa shape index (κ2) is 5.27. The lowest BCUT2D eigenvalue weighted by molar-refractivity contribution is 0.465. The molecule has 0 saturated heterocycles. The number of aromatic amines is 1. The van der Waals surface area contributed by atoms with Crippen LogP contribution < -0.4 is 0 Å². The largest absolute Gasteiger partial charge is 0.284 e. The molecule has 108 valence electrons. The molecule has 8 heteroatoms. The first kappa shape index (κ1) is 13.7. The van der Waals surface area contributed by atoms with Crippen LogP contribution in [0.5, 0.6) is 0 Å². The minimum Gasteiger partial charge on any atom is -0.284 e. The predicted molar refractivity (Wildman–Crippen MR) is 76.0 cm³/mol. The molecule has 2 heterocycles. The topological polar surface area (TPSA) is 79.0 Å². The summed E-state index contributed by atoms with van der Waals surface area (Å²) in [5.41, 5.74) is 1.16. The maximum absolute atomic E-state index is 12.3. The van der Waals surface area contributed by atoms with E-state index in [1.807, 2.05) is 0 Å². The number of fused-ring (bicyclic) bond motifs is 1. The second-order valence-corrected chi connectivity index (χ2v) is 8.09. The molecule has 0 spiro atoms. The van der Waals surface area contributed by atoms with Crippen molar-refractivity contribution in [3.05, 3.63) is 28.0 Å². The Kier molecular flexibility index (Phi) is 3.61. The monoisotopic (exact) mass is 312 g/mol. The molecule has 0 amide bonds. The summed E-state index contributed by atoms with van der Waals surface area (Å²) in [5.74, 6) is 0. The van der Waals surface area contributed by atoms with Crippen molar-refractivity contribution < 1.29 is 8.42 Å². The molecule has 3 rings (SSSR count). The third-order valence-corrected chi connectivity index (χ3v) is 6.34. The summed E-state index contributed by atoms with van der Waals surface area (Å²) in [6.45, 7) is 0.311. The first-order chi connectivity index (χ1) is 9.57. The van der Waals surface area contributed by atoms with Gasteiger partial charge in [-0.05, 0) is 25.7 Å². The summed E-state index contributed by atoms with van der Waals surface area (Å²) in [7, 11) is -1.92. The number of thiazole rings is 1. The van der Waals surface area contributed by atoms with Gasteiger partial charge in [-0.2, -0.15) is 9.40 Å². The zero-order valence-corrected chi connectivity index (χ0v) is 12.8. The third kappa shape index (κ3) is 2.50. The van der Waals surface area contributed by atoms with Gasteiger partial charge in [0.2, 0.25) is 10.0 Å². The van der Waals surface area contributed by atoms with Crippen LogP contribution >= 0.6 is 11.3 Å². The number of nitrogens with one attached hydrogen (secondary N) is 1.